The van der Waals surface area contributed by atoms with Crippen molar-refractivity contribution in [3.05, 3.63) is 57.8 Å². The summed E-state index contributed by atoms with van der Waals surface area (Å²) in [7, 11) is 0. The summed E-state index contributed by atoms with van der Waals surface area (Å²) in [5.74, 6) is 0.702. The van der Waals surface area contributed by atoms with Crippen LogP contribution in [0.15, 0.2) is 40.9 Å². The van der Waals surface area contributed by atoms with Crippen molar-refractivity contribution in [2.24, 2.45) is 0 Å². The first-order chi connectivity index (χ1) is 9.63. The van der Waals surface area contributed by atoms with Crippen LogP contribution in [-0.2, 0) is 6.42 Å². The number of anilines is 1. The summed E-state index contributed by atoms with van der Waals surface area (Å²) in [4.78, 5) is 0. The molecular weight excluding hydrogens is 321 g/mol. The van der Waals surface area contributed by atoms with Crippen LogP contribution in [0.5, 0.6) is 5.75 Å². The molecule has 1 N–H and O–H groups in total. The van der Waals surface area contributed by atoms with Crippen molar-refractivity contribution in [3.8, 4) is 5.75 Å². The molecule has 104 valence electrons. The molecule has 0 saturated heterocycles. The molecule has 0 aliphatic carbocycles. The Bertz CT molecular complexity index is 624. The predicted octanol–water partition coefficient (Wildman–Crippen LogP) is 4.31. The van der Waals surface area contributed by atoms with Crippen LogP contribution in [0.3, 0.4) is 0 Å². The van der Waals surface area contributed by atoms with Crippen LogP contribution >= 0.6 is 15.9 Å². The first kappa shape index (κ1) is 13.4. The van der Waals surface area contributed by atoms with Crippen molar-refractivity contribution >= 4 is 21.6 Å². The van der Waals surface area contributed by atoms with Gasteiger partial charge in [-0.05, 0) is 42.3 Å². The van der Waals surface area contributed by atoms with Gasteiger partial charge >= 0.3 is 0 Å². The van der Waals surface area contributed by atoms with Crippen molar-refractivity contribution < 1.29 is 9.13 Å². The van der Waals surface area contributed by atoms with Gasteiger partial charge in [-0.3, -0.25) is 0 Å². The lowest BCUT2D eigenvalue weighted by molar-refractivity contribution is 0.246. The van der Waals surface area contributed by atoms with Crippen LogP contribution in [0.4, 0.5) is 10.1 Å². The van der Waals surface area contributed by atoms with Gasteiger partial charge in [0.25, 0.3) is 0 Å². The Balaban J connectivity index is 1.67. The molecule has 1 heterocycles. The summed E-state index contributed by atoms with van der Waals surface area (Å²) >= 11 is 3.46. The molecule has 3 rings (SSSR count). The van der Waals surface area contributed by atoms with Crippen molar-refractivity contribution in [1.82, 2.24) is 0 Å². The zero-order valence-electron chi connectivity index (χ0n) is 11.1. The van der Waals surface area contributed by atoms with Gasteiger partial charge in [-0.2, -0.15) is 0 Å². The summed E-state index contributed by atoms with van der Waals surface area (Å²) in [5.41, 5.74) is 2.66. The number of nitrogens with one attached hydrogen (secondary N) is 1. The molecule has 0 radical (unpaired) electrons. The molecule has 0 amide bonds. The van der Waals surface area contributed by atoms with Gasteiger partial charge in [-0.1, -0.05) is 28.1 Å². The lowest BCUT2D eigenvalue weighted by atomic mass is 10.1. The third kappa shape index (κ3) is 2.66. The number of para-hydroxylation sites is 1. The molecule has 0 fully saturated rings. The van der Waals surface area contributed by atoms with E-state index in [4.69, 9.17) is 4.74 Å². The van der Waals surface area contributed by atoms with E-state index in [1.165, 1.54) is 11.6 Å². The van der Waals surface area contributed by atoms with E-state index in [0.29, 0.717) is 12.2 Å². The number of fused-ring (bicyclic) bond motifs is 1. The zero-order chi connectivity index (χ0) is 14.1. The maximum Gasteiger partial charge on any atom is 0.146 e. The zero-order valence-corrected chi connectivity index (χ0v) is 12.7. The summed E-state index contributed by atoms with van der Waals surface area (Å²) in [6.07, 6.45) is 0.883. The third-order valence-corrected chi connectivity index (χ3v) is 3.99. The molecule has 0 spiro atoms. The van der Waals surface area contributed by atoms with Gasteiger partial charge in [0.1, 0.15) is 17.7 Å². The first-order valence-corrected chi connectivity index (χ1v) is 7.37. The monoisotopic (exact) mass is 335 g/mol. The van der Waals surface area contributed by atoms with Gasteiger partial charge in [0.2, 0.25) is 0 Å². The molecule has 1 aliphatic heterocycles. The number of ether oxygens (including phenoxy) is 1. The number of halogens is 2. The Morgan fingerprint density at radius 2 is 2.20 bits per heavy atom. The number of aryl methyl sites for hydroxylation is 1. The number of rotatable bonds is 3. The van der Waals surface area contributed by atoms with E-state index >= 15 is 0 Å². The topological polar surface area (TPSA) is 21.3 Å². The van der Waals surface area contributed by atoms with Crippen LogP contribution in [0, 0.1) is 12.7 Å². The number of benzene rings is 2. The SMILES string of the molecule is Cc1cccc(F)c1NCC1Cc2cc(Br)ccc2O1. The molecular formula is C16H15BrFNO. The number of hydrogen-bond donors (Lipinski definition) is 1. The molecule has 2 aromatic rings. The van der Waals surface area contributed by atoms with Crippen molar-refractivity contribution in [1.29, 1.82) is 0 Å². The fraction of sp³-hybridized carbons (Fsp3) is 0.250. The van der Waals surface area contributed by atoms with Crippen molar-refractivity contribution in [3.63, 3.8) is 0 Å². The van der Waals surface area contributed by atoms with Gasteiger partial charge in [-0.25, -0.2) is 4.39 Å². The van der Waals surface area contributed by atoms with Gasteiger partial charge in [0, 0.05) is 10.9 Å². The van der Waals surface area contributed by atoms with Crippen LogP contribution in [0.2, 0.25) is 0 Å². The second kappa shape index (κ2) is 5.44. The molecule has 0 bridgehead atoms. The van der Waals surface area contributed by atoms with Crippen LogP contribution in [-0.4, -0.2) is 12.6 Å². The minimum atomic E-state index is -0.219. The maximum atomic E-state index is 13.7. The molecule has 2 nitrogen and oxygen atoms in total. The van der Waals surface area contributed by atoms with Gasteiger partial charge in [0.05, 0.1) is 12.2 Å². The molecule has 0 aromatic heterocycles. The average Bonchev–Trinajstić information content (AvgIpc) is 2.80. The fourth-order valence-electron chi connectivity index (χ4n) is 2.47. The maximum absolute atomic E-state index is 13.7. The largest absolute Gasteiger partial charge is 0.488 e. The van der Waals surface area contributed by atoms with E-state index in [0.717, 1.165) is 22.2 Å². The van der Waals surface area contributed by atoms with Crippen molar-refractivity contribution in [2.75, 3.05) is 11.9 Å². The summed E-state index contributed by atoms with van der Waals surface area (Å²) in [5, 5.41) is 3.16. The van der Waals surface area contributed by atoms with Gasteiger partial charge < -0.3 is 10.1 Å². The molecule has 2 aromatic carbocycles. The molecule has 4 heteroatoms. The van der Waals surface area contributed by atoms with Crippen molar-refractivity contribution in [2.45, 2.75) is 19.4 Å². The Morgan fingerprint density at radius 3 is 3.00 bits per heavy atom. The first-order valence-electron chi connectivity index (χ1n) is 6.57. The normalized spacial score (nSPS) is 16.6. The second-order valence-corrected chi connectivity index (χ2v) is 5.92. The Labute approximate surface area is 126 Å². The predicted molar refractivity (Wildman–Crippen MR) is 81.9 cm³/mol. The Kier molecular flexibility index (Phi) is 3.66. The van der Waals surface area contributed by atoms with E-state index < -0.39 is 0 Å². The third-order valence-electron chi connectivity index (χ3n) is 3.49. The van der Waals surface area contributed by atoms with E-state index in [1.807, 2.05) is 25.1 Å². The Morgan fingerprint density at radius 1 is 1.35 bits per heavy atom. The summed E-state index contributed by atoms with van der Waals surface area (Å²) in [6, 6.07) is 11.1. The highest BCUT2D eigenvalue weighted by molar-refractivity contribution is 9.10. The molecule has 0 saturated carbocycles. The molecule has 1 atom stereocenters. The van der Waals surface area contributed by atoms with E-state index in [9.17, 15) is 4.39 Å². The van der Waals surface area contributed by atoms with Crippen LogP contribution in [0.1, 0.15) is 11.1 Å². The fourth-order valence-corrected chi connectivity index (χ4v) is 2.88. The highest BCUT2D eigenvalue weighted by atomic mass is 79.9. The second-order valence-electron chi connectivity index (χ2n) is 5.01. The van der Waals surface area contributed by atoms with Gasteiger partial charge in [0.15, 0.2) is 0 Å². The van der Waals surface area contributed by atoms with E-state index in [-0.39, 0.29) is 11.9 Å². The Hall–Kier alpha value is -1.55. The van der Waals surface area contributed by atoms with Crippen LogP contribution in [0.25, 0.3) is 0 Å². The standard InChI is InChI=1S/C16H15BrFNO/c1-10-3-2-4-14(18)16(10)19-9-13-8-11-7-12(17)5-6-15(11)20-13/h2-7,13,19H,8-9H2,1H3. The van der Waals surface area contributed by atoms with Crippen LogP contribution < -0.4 is 10.1 Å². The minimum Gasteiger partial charge on any atom is -0.488 e. The van der Waals surface area contributed by atoms with E-state index in [2.05, 4.69) is 27.3 Å². The quantitative estimate of drug-likeness (QED) is 0.902. The molecule has 20 heavy (non-hydrogen) atoms. The molecule has 1 unspecified atom stereocenters. The number of hydrogen-bond acceptors (Lipinski definition) is 2. The summed E-state index contributed by atoms with van der Waals surface area (Å²) < 4.78 is 20.6. The van der Waals surface area contributed by atoms with E-state index in [1.54, 1.807) is 6.07 Å². The minimum absolute atomic E-state index is 0.0401. The smallest absolute Gasteiger partial charge is 0.146 e. The lowest BCUT2D eigenvalue weighted by Gasteiger charge is -2.15. The highest BCUT2D eigenvalue weighted by Crippen LogP contribution is 2.31. The summed E-state index contributed by atoms with van der Waals surface area (Å²) in [6.45, 7) is 2.49. The average molecular weight is 336 g/mol. The lowest BCUT2D eigenvalue weighted by Crippen LogP contribution is -2.24. The van der Waals surface area contributed by atoms with Gasteiger partial charge in [-0.15, -0.1) is 0 Å². The molecule has 1 aliphatic rings. The highest BCUT2D eigenvalue weighted by Gasteiger charge is 2.23.